The third kappa shape index (κ3) is 6.88. The Morgan fingerprint density at radius 2 is 1.75 bits per heavy atom. The van der Waals surface area contributed by atoms with Gasteiger partial charge in [0.1, 0.15) is 11.8 Å². The summed E-state index contributed by atoms with van der Waals surface area (Å²) < 4.78 is 5.68. The molecule has 3 rings (SSSR count). The van der Waals surface area contributed by atoms with Crippen molar-refractivity contribution in [3.8, 4) is 5.75 Å². The fourth-order valence-corrected chi connectivity index (χ4v) is 4.35. The minimum absolute atomic E-state index is 0.112. The van der Waals surface area contributed by atoms with Gasteiger partial charge < -0.3 is 15.0 Å². The highest BCUT2D eigenvalue weighted by Gasteiger charge is 2.30. The molecule has 1 N–H and O–H groups in total. The zero-order valence-electron chi connectivity index (χ0n) is 18.4. The lowest BCUT2D eigenvalue weighted by atomic mass is 9.95. The molecule has 0 spiro atoms. The second-order valence-corrected chi connectivity index (χ2v) is 8.98. The summed E-state index contributed by atoms with van der Waals surface area (Å²) in [6, 6.07) is 13.9. The molecule has 2 aromatic carbocycles. The SMILES string of the molecule is CCC(C(=O)NC1CCCCC1)N(Cc1ccc(Cl)cc1)C(=O)COc1ccccc1Cl. The van der Waals surface area contributed by atoms with Crippen molar-refractivity contribution in [1.29, 1.82) is 0 Å². The van der Waals surface area contributed by atoms with Gasteiger partial charge >= 0.3 is 0 Å². The summed E-state index contributed by atoms with van der Waals surface area (Å²) in [7, 11) is 0. The van der Waals surface area contributed by atoms with Crippen molar-refractivity contribution in [1.82, 2.24) is 10.2 Å². The highest BCUT2D eigenvalue weighted by molar-refractivity contribution is 6.32. The van der Waals surface area contributed by atoms with Gasteiger partial charge in [0.25, 0.3) is 5.91 Å². The van der Waals surface area contributed by atoms with Gasteiger partial charge in [-0.25, -0.2) is 0 Å². The first-order valence-electron chi connectivity index (χ1n) is 11.2. The molecule has 172 valence electrons. The molecule has 2 aromatic rings. The number of halogens is 2. The summed E-state index contributed by atoms with van der Waals surface area (Å²) in [6.07, 6.45) is 5.95. The molecular weight excluding hydrogens is 447 g/mol. The molecule has 1 atom stereocenters. The Morgan fingerprint density at radius 1 is 1.06 bits per heavy atom. The zero-order chi connectivity index (χ0) is 22.9. The highest BCUT2D eigenvalue weighted by atomic mass is 35.5. The molecule has 0 heterocycles. The van der Waals surface area contributed by atoms with Gasteiger partial charge in [-0.3, -0.25) is 9.59 Å². The highest BCUT2D eigenvalue weighted by Crippen LogP contribution is 2.24. The number of hydrogen-bond donors (Lipinski definition) is 1. The van der Waals surface area contributed by atoms with E-state index in [1.807, 2.05) is 19.1 Å². The van der Waals surface area contributed by atoms with Crippen LogP contribution >= 0.6 is 23.2 Å². The number of para-hydroxylation sites is 1. The van der Waals surface area contributed by atoms with E-state index in [1.54, 1.807) is 41.3 Å². The van der Waals surface area contributed by atoms with Crippen molar-refractivity contribution in [3.05, 3.63) is 64.1 Å². The Kier molecular flexibility index (Phi) is 9.24. The summed E-state index contributed by atoms with van der Waals surface area (Å²) in [4.78, 5) is 28.0. The van der Waals surface area contributed by atoms with Gasteiger partial charge in [0, 0.05) is 17.6 Å². The minimum Gasteiger partial charge on any atom is -0.482 e. The van der Waals surface area contributed by atoms with Crippen molar-refractivity contribution in [2.24, 2.45) is 0 Å². The maximum Gasteiger partial charge on any atom is 0.261 e. The summed E-state index contributed by atoms with van der Waals surface area (Å²) in [5.74, 6) is 0.0543. The summed E-state index contributed by atoms with van der Waals surface area (Å²) >= 11 is 12.2. The molecule has 5 nitrogen and oxygen atoms in total. The van der Waals surface area contributed by atoms with E-state index in [1.165, 1.54) is 6.42 Å². The monoisotopic (exact) mass is 476 g/mol. The van der Waals surface area contributed by atoms with Gasteiger partial charge in [-0.15, -0.1) is 0 Å². The van der Waals surface area contributed by atoms with Crippen LogP contribution in [-0.4, -0.2) is 35.4 Å². The van der Waals surface area contributed by atoms with Gasteiger partial charge in [0.05, 0.1) is 5.02 Å². The van der Waals surface area contributed by atoms with Gasteiger partial charge in [-0.05, 0) is 49.1 Å². The van der Waals surface area contributed by atoms with Crippen LogP contribution in [0.1, 0.15) is 51.0 Å². The number of ether oxygens (including phenoxy) is 1. The van der Waals surface area contributed by atoms with Crippen LogP contribution in [0.3, 0.4) is 0 Å². The molecule has 0 bridgehead atoms. The average molecular weight is 477 g/mol. The number of nitrogens with one attached hydrogen (secondary N) is 1. The number of benzene rings is 2. The van der Waals surface area contributed by atoms with E-state index >= 15 is 0 Å². The Balaban J connectivity index is 1.75. The quantitative estimate of drug-likeness (QED) is 0.510. The first-order chi connectivity index (χ1) is 15.5. The second kappa shape index (κ2) is 12.1. The maximum absolute atomic E-state index is 13.2. The molecule has 0 aliphatic heterocycles. The van der Waals surface area contributed by atoms with Crippen LogP contribution in [0.2, 0.25) is 10.0 Å². The Morgan fingerprint density at radius 3 is 2.41 bits per heavy atom. The largest absolute Gasteiger partial charge is 0.482 e. The van der Waals surface area contributed by atoms with Crippen LogP contribution in [0, 0.1) is 0 Å². The van der Waals surface area contributed by atoms with Gasteiger partial charge in [-0.2, -0.15) is 0 Å². The van der Waals surface area contributed by atoms with Crippen molar-refractivity contribution >= 4 is 35.0 Å². The fourth-order valence-electron chi connectivity index (χ4n) is 4.03. The number of hydrogen-bond acceptors (Lipinski definition) is 3. The number of carbonyl (C=O) groups excluding carboxylic acids is 2. The molecule has 1 fully saturated rings. The zero-order valence-corrected chi connectivity index (χ0v) is 19.9. The third-order valence-electron chi connectivity index (χ3n) is 5.79. The molecule has 0 saturated heterocycles. The predicted octanol–water partition coefficient (Wildman–Crippen LogP) is 5.63. The molecule has 7 heteroatoms. The summed E-state index contributed by atoms with van der Waals surface area (Å²) in [6.45, 7) is 2.01. The van der Waals surface area contributed by atoms with E-state index < -0.39 is 6.04 Å². The predicted molar refractivity (Wildman–Crippen MR) is 128 cm³/mol. The third-order valence-corrected chi connectivity index (χ3v) is 6.36. The fraction of sp³-hybridized carbons (Fsp3) is 0.440. The number of carbonyl (C=O) groups is 2. The molecule has 1 saturated carbocycles. The van der Waals surface area contributed by atoms with Crippen LogP contribution < -0.4 is 10.1 Å². The first kappa shape index (κ1) is 24.4. The van der Waals surface area contributed by atoms with Crippen molar-refractivity contribution < 1.29 is 14.3 Å². The summed E-state index contributed by atoms with van der Waals surface area (Å²) in [5.41, 5.74) is 0.893. The number of nitrogens with zero attached hydrogens (tertiary/aromatic N) is 1. The normalized spacial score (nSPS) is 15.1. The lowest BCUT2D eigenvalue weighted by molar-refractivity contribution is -0.143. The van der Waals surface area contributed by atoms with Crippen LogP contribution in [0.5, 0.6) is 5.75 Å². The van der Waals surface area contributed by atoms with E-state index in [4.69, 9.17) is 27.9 Å². The van der Waals surface area contributed by atoms with Crippen molar-refractivity contribution in [3.63, 3.8) is 0 Å². The van der Waals surface area contributed by atoms with E-state index in [2.05, 4.69) is 5.32 Å². The molecule has 1 aliphatic carbocycles. The van der Waals surface area contributed by atoms with E-state index in [9.17, 15) is 9.59 Å². The molecule has 0 aromatic heterocycles. The Bertz CT molecular complexity index is 898. The van der Waals surface area contributed by atoms with E-state index in [0.29, 0.717) is 28.8 Å². The maximum atomic E-state index is 13.2. The first-order valence-corrected chi connectivity index (χ1v) is 11.9. The molecule has 1 unspecified atom stereocenters. The molecule has 1 aliphatic rings. The second-order valence-electron chi connectivity index (χ2n) is 8.13. The smallest absolute Gasteiger partial charge is 0.261 e. The molecule has 32 heavy (non-hydrogen) atoms. The molecular formula is C25H30Cl2N2O3. The van der Waals surface area contributed by atoms with Gasteiger partial charge in [0.15, 0.2) is 6.61 Å². The van der Waals surface area contributed by atoms with Gasteiger partial charge in [0.2, 0.25) is 5.91 Å². The summed E-state index contributed by atoms with van der Waals surface area (Å²) in [5, 5.41) is 4.22. The van der Waals surface area contributed by atoms with Gasteiger partial charge in [-0.1, -0.05) is 73.7 Å². The minimum atomic E-state index is -0.588. The number of rotatable bonds is 9. The Labute approximate surface area is 200 Å². The average Bonchev–Trinajstić information content (AvgIpc) is 2.80. The number of amides is 2. The Hall–Kier alpha value is -2.24. The lowest BCUT2D eigenvalue weighted by Gasteiger charge is -2.32. The van der Waals surface area contributed by atoms with Crippen LogP contribution in [-0.2, 0) is 16.1 Å². The van der Waals surface area contributed by atoms with Crippen molar-refractivity contribution in [2.45, 2.75) is 64.1 Å². The van der Waals surface area contributed by atoms with Crippen LogP contribution in [0.15, 0.2) is 48.5 Å². The topological polar surface area (TPSA) is 58.6 Å². The van der Waals surface area contributed by atoms with Crippen LogP contribution in [0.25, 0.3) is 0 Å². The van der Waals surface area contributed by atoms with E-state index in [-0.39, 0.29) is 24.5 Å². The van der Waals surface area contributed by atoms with Crippen molar-refractivity contribution in [2.75, 3.05) is 6.61 Å². The lowest BCUT2D eigenvalue weighted by Crippen LogP contribution is -2.52. The van der Waals surface area contributed by atoms with E-state index in [0.717, 1.165) is 31.2 Å². The standard InChI is InChI=1S/C25H30Cl2N2O3/c1-2-22(25(31)28-20-8-4-3-5-9-20)29(16-18-12-14-19(26)15-13-18)24(30)17-32-23-11-7-6-10-21(23)27/h6-7,10-15,20,22H,2-5,8-9,16-17H2,1H3,(H,28,31). The molecule has 0 radical (unpaired) electrons. The molecule has 2 amide bonds. The van der Waals surface area contributed by atoms with Crippen LogP contribution in [0.4, 0.5) is 0 Å².